The molecule has 26 heavy (non-hydrogen) atoms. The van der Waals surface area contributed by atoms with Crippen LogP contribution >= 0.6 is 0 Å². The predicted molar refractivity (Wildman–Crippen MR) is 94.2 cm³/mol. The van der Waals surface area contributed by atoms with E-state index in [1.54, 1.807) is 5.92 Å². The van der Waals surface area contributed by atoms with Crippen LogP contribution in [-0.4, -0.2) is 24.6 Å². The van der Waals surface area contributed by atoms with E-state index in [0.29, 0.717) is 18.8 Å². The summed E-state index contributed by atoms with van der Waals surface area (Å²) in [5.74, 6) is 3.04. The highest BCUT2D eigenvalue weighted by Crippen LogP contribution is 2.48. The summed E-state index contributed by atoms with van der Waals surface area (Å²) in [5, 5.41) is 0. The quantitative estimate of drug-likeness (QED) is 0.481. The lowest BCUT2D eigenvalue weighted by Gasteiger charge is -2.39. The Labute approximate surface area is 155 Å². The average Bonchev–Trinajstić information content (AvgIpc) is 2.65. The van der Waals surface area contributed by atoms with E-state index in [1.807, 2.05) is 0 Å². The summed E-state index contributed by atoms with van der Waals surface area (Å²) < 4.78 is 60.6. The van der Waals surface area contributed by atoms with Crippen molar-refractivity contribution in [1.29, 1.82) is 0 Å². The highest BCUT2D eigenvalue weighted by Gasteiger charge is 2.47. The molecule has 3 rings (SSSR count). The van der Waals surface area contributed by atoms with Gasteiger partial charge < -0.3 is 4.74 Å². The number of ether oxygens (including phenoxy) is 1. The largest absolute Gasteiger partial charge is 0.362 e. The molecule has 0 heterocycles. The maximum atomic E-state index is 14.5. The van der Waals surface area contributed by atoms with Crippen LogP contribution in [0.25, 0.3) is 0 Å². The van der Waals surface area contributed by atoms with Gasteiger partial charge in [0.05, 0.1) is 12.0 Å². The summed E-state index contributed by atoms with van der Waals surface area (Å²) in [5.41, 5.74) is 0. The van der Waals surface area contributed by atoms with E-state index >= 15 is 0 Å². The van der Waals surface area contributed by atoms with Gasteiger partial charge in [-0.15, -0.1) is 0 Å². The molecule has 0 aromatic carbocycles. The van der Waals surface area contributed by atoms with E-state index < -0.39 is 24.6 Å². The number of rotatable bonds is 5. The molecule has 0 spiro atoms. The molecule has 0 bridgehead atoms. The van der Waals surface area contributed by atoms with Gasteiger partial charge in [-0.3, -0.25) is 0 Å². The molecule has 3 saturated carbocycles. The molecule has 5 heteroatoms. The summed E-state index contributed by atoms with van der Waals surface area (Å²) in [4.78, 5) is 0. The molecule has 150 valence electrons. The van der Waals surface area contributed by atoms with E-state index in [4.69, 9.17) is 4.74 Å². The van der Waals surface area contributed by atoms with Gasteiger partial charge in [-0.25, -0.2) is 8.78 Å². The minimum Gasteiger partial charge on any atom is -0.317 e. The molecule has 2 radical (unpaired) electrons. The van der Waals surface area contributed by atoms with Crippen LogP contribution < -0.4 is 0 Å². The van der Waals surface area contributed by atoms with Gasteiger partial charge in [0.1, 0.15) is 12.3 Å². The van der Waals surface area contributed by atoms with E-state index in [-0.39, 0.29) is 25.2 Å². The molecule has 0 aliphatic heterocycles. The molecule has 3 fully saturated rings. The molecule has 0 N–H and O–H groups in total. The topological polar surface area (TPSA) is 9.23 Å². The second-order valence-corrected chi connectivity index (χ2v) is 8.49. The van der Waals surface area contributed by atoms with Gasteiger partial charge in [0.15, 0.2) is 0 Å². The fraction of sp³-hybridized carbons (Fsp3) is 0.905. The van der Waals surface area contributed by atoms with Gasteiger partial charge in [0.2, 0.25) is 0 Å². The van der Waals surface area contributed by atoms with Crippen LogP contribution in [-0.2, 0) is 4.74 Å². The number of hydrogen-bond acceptors (Lipinski definition) is 1. The lowest BCUT2D eigenvalue weighted by Crippen LogP contribution is -2.41. The van der Waals surface area contributed by atoms with Crippen molar-refractivity contribution in [1.82, 2.24) is 0 Å². The fourth-order valence-electron chi connectivity index (χ4n) is 4.97. The van der Waals surface area contributed by atoms with Crippen molar-refractivity contribution < 1.29 is 22.3 Å². The van der Waals surface area contributed by atoms with Gasteiger partial charge in [-0.05, 0) is 82.0 Å². The minimum absolute atomic E-state index is 0.0314. The minimum atomic E-state index is -3.30. The van der Waals surface area contributed by atoms with E-state index in [9.17, 15) is 17.6 Å². The Morgan fingerprint density at radius 1 is 0.885 bits per heavy atom. The van der Waals surface area contributed by atoms with Crippen LogP contribution in [0.2, 0.25) is 0 Å². The summed E-state index contributed by atoms with van der Waals surface area (Å²) in [7, 11) is 0. The zero-order valence-corrected chi connectivity index (χ0v) is 15.8. The van der Waals surface area contributed by atoms with Crippen molar-refractivity contribution >= 4 is 0 Å². The molecular weight excluding hydrogens is 344 g/mol. The molecule has 0 aromatic rings. The second kappa shape index (κ2) is 8.79. The summed E-state index contributed by atoms with van der Waals surface area (Å²) in [6.45, 7) is 2.24. The van der Waals surface area contributed by atoms with Crippen molar-refractivity contribution in [2.45, 2.75) is 109 Å². The normalized spacial score (nSPS) is 34.3. The maximum Gasteiger partial charge on any atom is 0.362 e. The number of halogens is 4. The Morgan fingerprint density at radius 3 is 2.12 bits per heavy atom. The Bertz CT molecular complexity index is 428. The third-order valence-corrected chi connectivity index (χ3v) is 6.86. The Morgan fingerprint density at radius 2 is 1.54 bits per heavy atom. The summed E-state index contributed by atoms with van der Waals surface area (Å²) in [6.07, 6.45) is 0.876. The molecule has 0 saturated heterocycles. The van der Waals surface area contributed by atoms with Crippen molar-refractivity contribution in [3.05, 3.63) is 11.8 Å². The SMILES string of the molecule is CCC1CC[C](C2CC[C](C(F)(F)OC3CCC(F)C(F)C3)CC2)CC1. The second-order valence-electron chi connectivity index (χ2n) is 8.49. The summed E-state index contributed by atoms with van der Waals surface area (Å²) >= 11 is 0. The third kappa shape index (κ3) is 4.94. The number of alkyl halides is 4. The van der Waals surface area contributed by atoms with Crippen molar-refractivity contribution in [2.75, 3.05) is 0 Å². The molecule has 3 aliphatic carbocycles. The molecule has 1 nitrogen and oxygen atoms in total. The van der Waals surface area contributed by atoms with Crippen LogP contribution in [0, 0.1) is 23.7 Å². The van der Waals surface area contributed by atoms with Crippen LogP contribution in [0.15, 0.2) is 0 Å². The first kappa shape index (κ1) is 20.4. The van der Waals surface area contributed by atoms with Crippen LogP contribution in [0.4, 0.5) is 17.6 Å². The van der Waals surface area contributed by atoms with Gasteiger partial charge in [0.25, 0.3) is 0 Å². The van der Waals surface area contributed by atoms with Crippen LogP contribution in [0.1, 0.15) is 84.0 Å². The lowest BCUT2D eigenvalue weighted by atomic mass is 9.69. The van der Waals surface area contributed by atoms with Gasteiger partial charge >= 0.3 is 6.11 Å². The monoisotopic (exact) mass is 376 g/mol. The van der Waals surface area contributed by atoms with Crippen molar-refractivity contribution in [3.8, 4) is 0 Å². The zero-order chi connectivity index (χ0) is 18.7. The predicted octanol–water partition coefficient (Wildman–Crippen LogP) is 6.76. The van der Waals surface area contributed by atoms with Gasteiger partial charge in [0, 0.05) is 6.42 Å². The van der Waals surface area contributed by atoms with Gasteiger partial charge in [-0.1, -0.05) is 13.3 Å². The Kier molecular flexibility index (Phi) is 6.90. The van der Waals surface area contributed by atoms with Crippen LogP contribution in [0.5, 0.6) is 0 Å². The fourth-order valence-corrected chi connectivity index (χ4v) is 4.97. The zero-order valence-electron chi connectivity index (χ0n) is 15.8. The first-order valence-electron chi connectivity index (χ1n) is 10.4. The Hall–Kier alpha value is -0.320. The van der Waals surface area contributed by atoms with E-state index in [0.717, 1.165) is 31.6 Å². The van der Waals surface area contributed by atoms with Crippen molar-refractivity contribution in [2.24, 2.45) is 11.8 Å². The highest BCUT2D eigenvalue weighted by molar-refractivity contribution is 5.09. The van der Waals surface area contributed by atoms with E-state index in [1.165, 1.54) is 19.3 Å². The molecule has 0 amide bonds. The molecule has 3 aliphatic rings. The van der Waals surface area contributed by atoms with Crippen LogP contribution in [0.3, 0.4) is 0 Å². The third-order valence-electron chi connectivity index (χ3n) is 6.86. The molecule has 3 atom stereocenters. The highest BCUT2D eigenvalue weighted by atomic mass is 19.3. The molecular formula is C21H32F4O. The molecule has 3 unspecified atom stereocenters. The van der Waals surface area contributed by atoms with E-state index in [2.05, 4.69) is 6.92 Å². The first-order chi connectivity index (χ1) is 12.4. The first-order valence-corrected chi connectivity index (χ1v) is 10.4. The average molecular weight is 376 g/mol. The Balaban J connectivity index is 1.44. The van der Waals surface area contributed by atoms with Gasteiger partial charge in [-0.2, -0.15) is 8.78 Å². The number of hydrogen-bond donors (Lipinski definition) is 0. The lowest BCUT2D eigenvalue weighted by molar-refractivity contribution is -0.263. The maximum absolute atomic E-state index is 14.5. The van der Waals surface area contributed by atoms with Crippen molar-refractivity contribution in [3.63, 3.8) is 0 Å². The molecule has 0 aromatic heterocycles. The standard InChI is InChI=1S/C21H32F4O/c1-2-14-3-5-15(6-4-14)16-7-9-17(10-8-16)21(24,25)26-18-11-12-19(22)20(23)13-18/h14,16,18-20H,2-13H2,1H3. The smallest absolute Gasteiger partial charge is 0.317 e. The summed E-state index contributed by atoms with van der Waals surface area (Å²) in [6, 6.07) is 0.